The number of thiazole rings is 1. The van der Waals surface area contributed by atoms with Crippen molar-refractivity contribution < 1.29 is 9.53 Å². The maximum Gasteiger partial charge on any atom is 0.253 e. The number of nitrogens with one attached hydrogen (secondary N) is 1. The Morgan fingerprint density at radius 1 is 1.24 bits per heavy atom. The van der Waals surface area contributed by atoms with Gasteiger partial charge in [-0.3, -0.25) is 9.78 Å². The molecule has 0 saturated carbocycles. The van der Waals surface area contributed by atoms with Crippen LogP contribution in [0.25, 0.3) is 22.0 Å². The smallest absolute Gasteiger partial charge is 0.253 e. The van der Waals surface area contributed by atoms with Gasteiger partial charge in [0.2, 0.25) is 0 Å². The third-order valence-electron chi connectivity index (χ3n) is 5.51. The zero-order valence-corrected chi connectivity index (χ0v) is 20.8. The van der Waals surface area contributed by atoms with Crippen molar-refractivity contribution >= 4 is 28.6 Å². The van der Waals surface area contributed by atoms with E-state index in [9.17, 15) is 4.79 Å². The molecule has 0 aliphatic heterocycles. The van der Waals surface area contributed by atoms with Gasteiger partial charge in [0.15, 0.2) is 0 Å². The summed E-state index contributed by atoms with van der Waals surface area (Å²) in [5, 5.41) is 8.11. The maximum absolute atomic E-state index is 12.9. The predicted octanol–water partition coefficient (Wildman–Crippen LogP) is 5.42. The molecule has 4 heterocycles. The van der Waals surface area contributed by atoms with E-state index in [1.807, 2.05) is 25.3 Å². The number of pyridine rings is 1. The van der Waals surface area contributed by atoms with Crippen molar-refractivity contribution in [3.63, 3.8) is 0 Å². The zero-order valence-electron chi connectivity index (χ0n) is 19.1. The number of carbonyl (C=O) groups excluding carboxylic acids is 1. The Labute approximate surface area is 202 Å². The summed E-state index contributed by atoms with van der Waals surface area (Å²) in [6.07, 6.45) is 3.51. The molecule has 1 amide bonds. The molecule has 172 valence electrons. The van der Waals surface area contributed by atoms with Gasteiger partial charge in [-0.1, -0.05) is 13.0 Å². The van der Waals surface area contributed by atoms with E-state index in [0.29, 0.717) is 25.3 Å². The zero-order chi connectivity index (χ0) is 23.2. The molecule has 4 aromatic rings. The standard InChI is InChI=1S/C25H28N4O2S2/c1-4-19-13-18(8-10-26-19)25-28-22(16-33-25)23-14-21(24(30)27-9-6-11-31-3)17(2)29(23)15-20-7-5-12-32-20/h5,7-8,10,12-14,16H,4,6,9,11,15H2,1-3H3,(H,27,30). The Balaban J connectivity index is 1.67. The van der Waals surface area contributed by atoms with Gasteiger partial charge in [0, 0.05) is 53.7 Å². The molecule has 0 radical (unpaired) electrons. The molecule has 4 rings (SSSR count). The molecule has 0 aliphatic rings. The summed E-state index contributed by atoms with van der Waals surface area (Å²) >= 11 is 3.33. The summed E-state index contributed by atoms with van der Waals surface area (Å²) < 4.78 is 7.27. The summed E-state index contributed by atoms with van der Waals surface area (Å²) in [5.74, 6) is -0.0630. The summed E-state index contributed by atoms with van der Waals surface area (Å²) in [5.41, 5.74) is 5.58. The lowest BCUT2D eigenvalue weighted by Crippen LogP contribution is -2.25. The quantitative estimate of drug-likeness (QED) is 0.308. The fraction of sp³-hybridized carbons (Fsp3) is 0.320. The highest BCUT2D eigenvalue weighted by Crippen LogP contribution is 2.32. The van der Waals surface area contributed by atoms with Gasteiger partial charge in [0.1, 0.15) is 5.01 Å². The number of aromatic nitrogens is 3. The number of hydrogen-bond donors (Lipinski definition) is 1. The molecule has 8 heteroatoms. The molecule has 0 unspecified atom stereocenters. The number of amides is 1. The first kappa shape index (κ1) is 23.4. The van der Waals surface area contributed by atoms with Crippen LogP contribution in [0.4, 0.5) is 0 Å². The molecule has 0 aromatic carbocycles. The minimum absolute atomic E-state index is 0.0630. The van der Waals surface area contributed by atoms with Crippen LogP contribution in [-0.4, -0.2) is 40.7 Å². The molecule has 0 atom stereocenters. The number of ether oxygens (including phenoxy) is 1. The second-order valence-electron chi connectivity index (χ2n) is 7.72. The first-order valence-electron chi connectivity index (χ1n) is 11.0. The third-order valence-corrected chi connectivity index (χ3v) is 7.26. The Bertz CT molecular complexity index is 1210. The van der Waals surface area contributed by atoms with E-state index in [2.05, 4.69) is 50.8 Å². The number of nitrogens with zero attached hydrogens (tertiary/aromatic N) is 3. The van der Waals surface area contributed by atoms with E-state index in [1.165, 1.54) is 4.88 Å². The minimum Gasteiger partial charge on any atom is -0.385 e. The van der Waals surface area contributed by atoms with Crippen molar-refractivity contribution in [2.45, 2.75) is 33.2 Å². The van der Waals surface area contributed by atoms with Crippen LogP contribution >= 0.6 is 22.7 Å². The lowest BCUT2D eigenvalue weighted by atomic mass is 10.2. The largest absolute Gasteiger partial charge is 0.385 e. The van der Waals surface area contributed by atoms with Gasteiger partial charge in [0.25, 0.3) is 5.91 Å². The van der Waals surface area contributed by atoms with E-state index in [1.54, 1.807) is 29.8 Å². The van der Waals surface area contributed by atoms with Crippen LogP contribution in [0.2, 0.25) is 0 Å². The molecule has 33 heavy (non-hydrogen) atoms. The Kier molecular flexibility index (Phi) is 7.69. The molecule has 0 fully saturated rings. The molecule has 4 aromatic heterocycles. The molecular weight excluding hydrogens is 452 g/mol. The summed E-state index contributed by atoms with van der Waals surface area (Å²) in [6, 6.07) is 10.2. The van der Waals surface area contributed by atoms with E-state index in [-0.39, 0.29) is 5.91 Å². The lowest BCUT2D eigenvalue weighted by Gasteiger charge is -2.10. The van der Waals surface area contributed by atoms with E-state index < -0.39 is 0 Å². The van der Waals surface area contributed by atoms with E-state index >= 15 is 0 Å². The van der Waals surface area contributed by atoms with Crippen LogP contribution in [0.5, 0.6) is 0 Å². The van der Waals surface area contributed by atoms with Crippen molar-refractivity contribution in [3.05, 3.63) is 69.1 Å². The number of carbonyl (C=O) groups is 1. The lowest BCUT2D eigenvalue weighted by molar-refractivity contribution is 0.0948. The summed E-state index contributed by atoms with van der Waals surface area (Å²) in [6.45, 7) is 6.02. The second-order valence-corrected chi connectivity index (χ2v) is 9.61. The van der Waals surface area contributed by atoms with E-state index in [4.69, 9.17) is 9.72 Å². The van der Waals surface area contributed by atoms with Gasteiger partial charge in [-0.05, 0) is 49.4 Å². The average molecular weight is 481 g/mol. The number of hydrogen-bond acceptors (Lipinski definition) is 6. The topological polar surface area (TPSA) is 69.0 Å². The highest BCUT2D eigenvalue weighted by atomic mass is 32.1. The Morgan fingerprint density at radius 2 is 2.12 bits per heavy atom. The van der Waals surface area contributed by atoms with Crippen LogP contribution in [0.3, 0.4) is 0 Å². The average Bonchev–Trinajstić information content (AvgIpc) is 3.59. The highest BCUT2D eigenvalue weighted by Gasteiger charge is 2.21. The van der Waals surface area contributed by atoms with Gasteiger partial charge < -0.3 is 14.6 Å². The molecule has 0 saturated heterocycles. The van der Waals surface area contributed by atoms with Crippen molar-refractivity contribution in [2.24, 2.45) is 0 Å². The minimum atomic E-state index is -0.0630. The molecule has 1 N–H and O–H groups in total. The van der Waals surface area contributed by atoms with Crippen molar-refractivity contribution in [1.29, 1.82) is 0 Å². The van der Waals surface area contributed by atoms with Crippen LogP contribution in [-0.2, 0) is 17.7 Å². The first-order chi connectivity index (χ1) is 16.1. The Hall–Kier alpha value is -2.81. The fourth-order valence-corrected chi connectivity index (χ4v) is 5.20. The molecule has 0 aliphatic carbocycles. The predicted molar refractivity (Wildman–Crippen MR) is 135 cm³/mol. The van der Waals surface area contributed by atoms with Gasteiger partial charge in [-0.15, -0.1) is 22.7 Å². The van der Waals surface area contributed by atoms with Crippen LogP contribution < -0.4 is 5.32 Å². The van der Waals surface area contributed by atoms with Crippen LogP contribution in [0.1, 0.15) is 40.0 Å². The second kappa shape index (κ2) is 10.9. The third kappa shape index (κ3) is 5.40. The van der Waals surface area contributed by atoms with Crippen LogP contribution in [0, 0.1) is 6.92 Å². The number of aryl methyl sites for hydroxylation is 1. The number of methoxy groups -OCH3 is 1. The number of rotatable bonds is 10. The summed E-state index contributed by atoms with van der Waals surface area (Å²) in [7, 11) is 1.67. The normalized spacial score (nSPS) is 11.1. The molecule has 6 nitrogen and oxygen atoms in total. The number of thiophene rings is 1. The van der Waals surface area contributed by atoms with Crippen molar-refractivity contribution in [2.75, 3.05) is 20.3 Å². The van der Waals surface area contributed by atoms with Gasteiger partial charge >= 0.3 is 0 Å². The van der Waals surface area contributed by atoms with Gasteiger partial charge in [-0.25, -0.2) is 4.98 Å². The van der Waals surface area contributed by atoms with E-state index in [0.717, 1.165) is 46.2 Å². The molecular formula is C25H28N4O2S2. The monoisotopic (exact) mass is 480 g/mol. The van der Waals surface area contributed by atoms with Crippen molar-refractivity contribution in [1.82, 2.24) is 19.9 Å². The van der Waals surface area contributed by atoms with Crippen LogP contribution in [0.15, 0.2) is 47.3 Å². The molecule has 0 bridgehead atoms. The summed E-state index contributed by atoms with van der Waals surface area (Å²) in [4.78, 5) is 23.5. The first-order valence-corrected chi connectivity index (χ1v) is 12.8. The van der Waals surface area contributed by atoms with Gasteiger partial charge in [-0.2, -0.15) is 0 Å². The van der Waals surface area contributed by atoms with Crippen molar-refractivity contribution in [3.8, 4) is 22.0 Å². The Morgan fingerprint density at radius 3 is 2.88 bits per heavy atom. The SMILES string of the molecule is CCc1cc(-c2nc(-c3cc(C(=O)NCCCOC)c(C)n3Cc3cccs3)cs2)ccn1. The van der Waals surface area contributed by atoms with Gasteiger partial charge in [0.05, 0.1) is 23.5 Å². The maximum atomic E-state index is 12.9. The molecule has 0 spiro atoms. The highest BCUT2D eigenvalue weighted by molar-refractivity contribution is 7.13. The fourth-order valence-electron chi connectivity index (χ4n) is 3.69.